The largest absolute Gasteiger partial charge is 0.326 e. The standard InChI is InChI=1S/C14H16N2O/c1-3-11-5-4-6-12(9-11)16-13(17)14(2)7-8-15-10-14/h1,4-6,9,15H,7-8,10H2,2H3,(H,16,17). The molecule has 3 heteroatoms. The van der Waals surface area contributed by atoms with Gasteiger partial charge in [0, 0.05) is 17.8 Å². The van der Waals surface area contributed by atoms with Crippen LogP contribution in [0, 0.1) is 17.8 Å². The molecule has 88 valence electrons. The van der Waals surface area contributed by atoms with Crippen LogP contribution < -0.4 is 10.6 Å². The van der Waals surface area contributed by atoms with Crippen molar-refractivity contribution in [2.75, 3.05) is 18.4 Å². The van der Waals surface area contributed by atoms with E-state index in [1.807, 2.05) is 31.2 Å². The fourth-order valence-corrected chi connectivity index (χ4v) is 1.98. The Morgan fingerprint density at radius 3 is 3.06 bits per heavy atom. The quantitative estimate of drug-likeness (QED) is 0.755. The van der Waals surface area contributed by atoms with E-state index in [1.165, 1.54) is 0 Å². The Kier molecular flexibility index (Phi) is 3.16. The van der Waals surface area contributed by atoms with E-state index in [-0.39, 0.29) is 11.3 Å². The van der Waals surface area contributed by atoms with E-state index in [1.54, 1.807) is 0 Å². The highest BCUT2D eigenvalue weighted by molar-refractivity contribution is 5.95. The number of rotatable bonds is 2. The van der Waals surface area contributed by atoms with Gasteiger partial charge in [0.15, 0.2) is 0 Å². The fraction of sp³-hybridized carbons (Fsp3) is 0.357. The minimum absolute atomic E-state index is 0.0525. The highest BCUT2D eigenvalue weighted by atomic mass is 16.2. The van der Waals surface area contributed by atoms with Crippen molar-refractivity contribution in [3.63, 3.8) is 0 Å². The van der Waals surface area contributed by atoms with Crippen molar-refractivity contribution >= 4 is 11.6 Å². The monoisotopic (exact) mass is 228 g/mol. The molecule has 1 fully saturated rings. The average molecular weight is 228 g/mol. The van der Waals surface area contributed by atoms with Gasteiger partial charge in [-0.05, 0) is 38.1 Å². The summed E-state index contributed by atoms with van der Waals surface area (Å²) in [5, 5.41) is 6.13. The second-order valence-corrected chi connectivity index (χ2v) is 4.67. The van der Waals surface area contributed by atoms with Gasteiger partial charge in [-0.3, -0.25) is 4.79 Å². The maximum atomic E-state index is 12.1. The maximum absolute atomic E-state index is 12.1. The fourth-order valence-electron chi connectivity index (χ4n) is 1.98. The molecule has 1 aliphatic heterocycles. The van der Waals surface area contributed by atoms with Crippen LogP contribution in [0.25, 0.3) is 0 Å². The molecule has 1 heterocycles. The van der Waals surface area contributed by atoms with Gasteiger partial charge in [0.25, 0.3) is 0 Å². The number of amides is 1. The van der Waals surface area contributed by atoms with Crippen LogP contribution in [-0.2, 0) is 4.79 Å². The molecule has 0 bridgehead atoms. The molecular formula is C14H16N2O. The highest BCUT2D eigenvalue weighted by Gasteiger charge is 2.36. The van der Waals surface area contributed by atoms with E-state index in [9.17, 15) is 4.79 Å². The van der Waals surface area contributed by atoms with Crippen molar-refractivity contribution in [3.05, 3.63) is 29.8 Å². The van der Waals surface area contributed by atoms with Crippen molar-refractivity contribution in [2.24, 2.45) is 5.41 Å². The Bertz CT molecular complexity index is 467. The summed E-state index contributed by atoms with van der Waals surface area (Å²) in [5.41, 5.74) is 1.22. The van der Waals surface area contributed by atoms with Crippen molar-refractivity contribution < 1.29 is 4.79 Å². The van der Waals surface area contributed by atoms with Gasteiger partial charge in [-0.15, -0.1) is 6.42 Å². The molecule has 17 heavy (non-hydrogen) atoms. The van der Waals surface area contributed by atoms with Gasteiger partial charge in [0.2, 0.25) is 5.91 Å². The first-order chi connectivity index (χ1) is 8.14. The summed E-state index contributed by atoms with van der Waals surface area (Å²) in [6, 6.07) is 7.35. The number of carbonyl (C=O) groups excluding carboxylic acids is 1. The zero-order valence-corrected chi connectivity index (χ0v) is 9.92. The lowest BCUT2D eigenvalue weighted by atomic mass is 9.88. The van der Waals surface area contributed by atoms with E-state index in [4.69, 9.17) is 6.42 Å². The Balaban J connectivity index is 2.10. The molecule has 0 aliphatic carbocycles. The Labute approximate surface area is 102 Å². The van der Waals surface area contributed by atoms with Gasteiger partial charge in [-0.2, -0.15) is 0 Å². The van der Waals surface area contributed by atoms with Gasteiger partial charge in [0.05, 0.1) is 5.41 Å². The first-order valence-electron chi connectivity index (χ1n) is 5.73. The summed E-state index contributed by atoms with van der Waals surface area (Å²) in [6.07, 6.45) is 6.19. The summed E-state index contributed by atoms with van der Waals surface area (Å²) in [4.78, 5) is 12.1. The lowest BCUT2D eigenvalue weighted by molar-refractivity contribution is -0.123. The molecule has 3 nitrogen and oxygen atoms in total. The van der Waals surface area contributed by atoms with E-state index in [2.05, 4.69) is 16.6 Å². The molecule has 0 radical (unpaired) electrons. The normalized spacial score (nSPS) is 23.1. The number of benzene rings is 1. The molecule has 0 aromatic heterocycles. The smallest absolute Gasteiger partial charge is 0.231 e. The third-order valence-electron chi connectivity index (χ3n) is 3.20. The molecule has 2 rings (SSSR count). The number of carbonyl (C=O) groups is 1. The van der Waals surface area contributed by atoms with Crippen LogP contribution >= 0.6 is 0 Å². The number of hydrogen-bond acceptors (Lipinski definition) is 2. The Hall–Kier alpha value is -1.79. The van der Waals surface area contributed by atoms with E-state index in [0.29, 0.717) is 0 Å². The zero-order chi connectivity index (χ0) is 12.3. The minimum atomic E-state index is -0.313. The van der Waals surface area contributed by atoms with Gasteiger partial charge >= 0.3 is 0 Å². The first-order valence-corrected chi connectivity index (χ1v) is 5.73. The highest BCUT2D eigenvalue weighted by Crippen LogP contribution is 2.26. The van der Waals surface area contributed by atoms with Crippen LogP contribution in [0.4, 0.5) is 5.69 Å². The predicted octanol–water partition coefficient (Wildman–Crippen LogP) is 1.61. The number of nitrogens with one attached hydrogen (secondary N) is 2. The molecule has 1 amide bonds. The van der Waals surface area contributed by atoms with Crippen molar-refractivity contribution in [2.45, 2.75) is 13.3 Å². The van der Waals surface area contributed by atoms with Gasteiger partial charge < -0.3 is 10.6 Å². The Morgan fingerprint density at radius 1 is 1.59 bits per heavy atom. The summed E-state index contributed by atoms with van der Waals surface area (Å²) in [6.45, 7) is 3.61. The second kappa shape index (κ2) is 4.60. The molecule has 1 unspecified atom stereocenters. The molecule has 0 saturated carbocycles. The van der Waals surface area contributed by atoms with Crippen LogP contribution in [0.1, 0.15) is 18.9 Å². The lowest BCUT2D eigenvalue weighted by Crippen LogP contribution is -2.35. The maximum Gasteiger partial charge on any atom is 0.231 e. The van der Waals surface area contributed by atoms with Crippen molar-refractivity contribution in [3.8, 4) is 12.3 Å². The zero-order valence-electron chi connectivity index (χ0n) is 9.92. The molecule has 1 saturated heterocycles. The van der Waals surface area contributed by atoms with Crippen molar-refractivity contribution in [1.29, 1.82) is 0 Å². The lowest BCUT2D eigenvalue weighted by Gasteiger charge is -2.21. The number of anilines is 1. The third-order valence-corrected chi connectivity index (χ3v) is 3.20. The molecule has 1 aliphatic rings. The molecule has 1 aromatic carbocycles. The van der Waals surface area contributed by atoms with E-state index >= 15 is 0 Å². The van der Waals surface area contributed by atoms with Crippen LogP contribution in [0.2, 0.25) is 0 Å². The van der Waals surface area contributed by atoms with Gasteiger partial charge in [-0.25, -0.2) is 0 Å². The average Bonchev–Trinajstić information content (AvgIpc) is 2.78. The number of hydrogen-bond donors (Lipinski definition) is 2. The minimum Gasteiger partial charge on any atom is -0.326 e. The Morgan fingerprint density at radius 2 is 2.41 bits per heavy atom. The third kappa shape index (κ3) is 2.48. The van der Waals surface area contributed by atoms with Crippen LogP contribution in [-0.4, -0.2) is 19.0 Å². The first kappa shape index (κ1) is 11.7. The molecule has 1 aromatic rings. The van der Waals surface area contributed by atoms with Gasteiger partial charge in [-0.1, -0.05) is 12.0 Å². The molecule has 1 atom stereocenters. The van der Waals surface area contributed by atoms with Gasteiger partial charge in [0.1, 0.15) is 0 Å². The topological polar surface area (TPSA) is 41.1 Å². The van der Waals surface area contributed by atoms with Crippen LogP contribution in [0.15, 0.2) is 24.3 Å². The number of terminal acetylenes is 1. The summed E-state index contributed by atoms with van der Waals surface area (Å²) in [7, 11) is 0. The molecule has 2 N–H and O–H groups in total. The van der Waals surface area contributed by atoms with Crippen LogP contribution in [0.3, 0.4) is 0 Å². The molecular weight excluding hydrogens is 212 g/mol. The summed E-state index contributed by atoms with van der Waals surface area (Å²) < 4.78 is 0. The van der Waals surface area contributed by atoms with Crippen LogP contribution in [0.5, 0.6) is 0 Å². The SMILES string of the molecule is C#Cc1cccc(NC(=O)C2(C)CCNC2)c1. The summed E-state index contributed by atoms with van der Waals surface area (Å²) >= 11 is 0. The second-order valence-electron chi connectivity index (χ2n) is 4.67. The molecule has 0 spiro atoms. The van der Waals surface area contributed by atoms with E-state index < -0.39 is 0 Å². The predicted molar refractivity (Wildman–Crippen MR) is 68.6 cm³/mol. The van der Waals surface area contributed by atoms with E-state index in [0.717, 1.165) is 30.8 Å². The van der Waals surface area contributed by atoms with Crippen molar-refractivity contribution in [1.82, 2.24) is 5.32 Å². The summed E-state index contributed by atoms with van der Waals surface area (Å²) in [5.74, 6) is 2.61.